The first-order chi connectivity index (χ1) is 18.1. The summed E-state index contributed by atoms with van der Waals surface area (Å²) >= 11 is 0. The average Bonchev–Trinajstić information content (AvgIpc) is 3.52. The highest BCUT2D eigenvalue weighted by Gasteiger charge is 2.16. The summed E-state index contributed by atoms with van der Waals surface area (Å²) in [5, 5.41) is 9.50. The van der Waals surface area contributed by atoms with E-state index in [1.807, 2.05) is 56.6 Å². The first-order valence-electron chi connectivity index (χ1n) is 12.0. The molecule has 0 spiro atoms. The Hall–Kier alpha value is -4.56. The minimum absolute atomic E-state index is 0.250. The van der Waals surface area contributed by atoms with E-state index in [9.17, 15) is 4.39 Å². The molecule has 0 bridgehead atoms. The van der Waals surface area contributed by atoms with Crippen LogP contribution >= 0.6 is 0 Å². The number of fused-ring (bicyclic) bond motifs is 2. The summed E-state index contributed by atoms with van der Waals surface area (Å²) in [6.07, 6.45) is 5.25. The molecule has 2 N–H and O–H groups in total. The van der Waals surface area contributed by atoms with E-state index in [0.29, 0.717) is 17.9 Å². The number of hydrogen-bond acceptors (Lipinski definition) is 5. The fourth-order valence-electron chi connectivity index (χ4n) is 4.46. The number of hydrogen-bond donors (Lipinski definition) is 2. The second kappa shape index (κ2) is 9.48. The van der Waals surface area contributed by atoms with Gasteiger partial charge in [0.2, 0.25) is 0 Å². The minimum atomic E-state index is -0.250. The summed E-state index contributed by atoms with van der Waals surface area (Å²) < 4.78 is 20.4. The molecular weight excluding hydrogens is 467 g/mol. The zero-order chi connectivity index (χ0) is 25.4. The number of aromatic nitrogens is 5. The van der Waals surface area contributed by atoms with Crippen molar-refractivity contribution in [1.29, 1.82) is 0 Å². The van der Waals surface area contributed by atoms with Crippen molar-refractivity contribution in [2.75, 3.05) is 27.2 Å². The number of benzene rings is 2. The van der Waals surface area contributed by atoms with Gasteiger partial charge in [0.1, 0.15) is 23.9 Å². The summed E-state index contributed by atoms with van der Waals surface area (Å²) in [5.74, 6) is 0.449. The first-order valence-corrected chi connectivity index (χ1v) is 12.0. The molecule has 0 aliphatic rings. The lowest BCUT2D eigenvalue weighted by atomic mass is 10.0. The van der Waals surface area contributed by atoms with Crippen LogP contribution in [0.15, 0.2) is 79.3 Å². The molecule has 0 radical (unpaired) electrons. The highest BCUT2D eigenvalue weighted by Crippen LogP contribution is 2.35. The number of aromatic amines is 2. The molecule has 184 valence electrons. The number of pyridine rings is 2. The Bertz CT molecular complexity index is 1720. The summed E-state index contributed by atoms with van der Waals surface area (Å²) in [6, 6.07) is 18.6. The summed E-state index contributed by atoms with van der Waals surface area (Å²) in [6.45, 7) is 1.39. The molecule has 0 atom stereocenters. The van der Waals surface area contributed by atoms with E-state index < -0.39 is 0 Å². The molecule has 2 aromatic carbocycles. The maximum absolute atomic E-state index is 14.6. The SMILES string of the molecule is CN(C)CCOc1cncc(-c2cc3c(-c4cc5c(-c6ccccc6F)cccc5[nH]4)n[nH]c3cn2)c1. The van der Waals surface area contributed by atoms with Gasteiger partial charge in [-0.25, -0.2) is 4.39 Å². The van der Waals surface area contributed by atoms with Crippen LogP contribution in [0.4, 0.5) is 4.39 Å². The van der Waals surface area contributed by atoms with Gasteiger partial charge >= 0.3 is 0 Å². The molecule has 4 heterocycles. The number of nitrogens with one attached hydrogen (secondary N) is 2. The fraction of sp³-hybridized carbons (Fsp3) is 0.138. The Kier molecular flexibility index (Phi) is 5.86. The van der Waals surface area contributed by atoms with Gasteiger partial charge in [0.25, 0.3) is 0 Å². The summed E-state index contributed by atoms with van der Waals surface area (Å²) in [7, 11) is 4.02. The molecule has 8 heteroatoms. The van der Waals surface area contributed by atoms with E-state index in [1.165, 1.54) is 6.07 Å². The molecule has 0 aliphatic carbocycles. The van der Waals surface area contributed by atoms with Crippen LogP contribution in [0.2, 0.25) is 0 Å². The highest BCUT2D eigenvalue weighted by molar-refractivity contribution is 6.01. The molecular formula is C29H25FN6O. The lowest BCUT2D eigenvalue weighted by molar-refractivity contribution is 0.261. The summed E-state index contributed by atoms with van der Waals surface area (Å²) in [5.41, 5.74) is 6.35. The molecule has 0 saturated heterocycles. The molecule has 0 unspecified atom stereocenters. The van der Waals surface area contributed by atoms with Crippen LogP contribution in [0.5, 0.6) is 5.75 Å². The standard InChI is InChI=1S/C29H25FN6O/c1-36(2)10-11-37-19-12-18(15-31-16-19)26-14-23-28(17-32-26)34-35-29(23)27-13-22-20(7-5-9-25(22)33-27)21-6-3-4-8-24(21)30/h3-9,12-17,33H,10-11H2,1-2H3,(H,34,35). The topological polar surface area (TPSA) is 82.7 Å². The average molecular weight is 493 g/mol. The molecule has 6 aromatic rings. The van der Waals surface area contributed by atoms with Gasteiger partial charge in [0, 0.05) is 40.2 Å². The predicted molar refractivity (Wildman–Crippen MR) is 144 cm³/mol. The van der Waals surface area contributed by atoms with Crippen LogP contribution in [0, 0.1) is 5.82 Å². The van der Waals surface area contributed by atoms with E-state index in [-0.39, 0.29) is 5.82 Å². The Morgan fingerprint density at radius 2 is 1.76 bits per heavy atom. The van der Waals surface area contributed by atoms with Crippen molar-refractivity contribution in [2.45, 2.75) is 0 Å². The molecule has 0 amide bonds. The predicted octanol–water partition coefficient (Wildman–Crippen LogP) is 5.91. The second-order valence-corrected chi connectivity index (χ2v) is 9.18. The van der Waals surface area contributed by atoms with Crippen molar-refractivity contribution in [3.8, 4) is 39.5 Å². The number of likely N-dealkylation sites (N-methyl/N-ethyl adjacent to an activating group) is 1. The van der Waals surface area contributed by atoms with Gasteiger partial charge in [-0.3, -0.25) is 15.1 Å². The van der Waals surface area contributed by atoms with Crippen molar-refractivity contribution in [3.63, 3.8) is 0 Å². The van der Waals surface area contributed by atoms with Crippen LogP contribution in [0.25, 0.3) is 55.6 Å². The normalized spacial score (nSPS) is 11.6. The Morgan fingerprint density at radius 1 is 0.892 bits per heavy atom. The van der Waals surface area contributed by atoms with Crippen LogP contribution < -0.4 is 4.74 Å². The van der Waals surface area contributed by atoms with Crippen molar-refractivity contribution >= 4 is 21.8 Å². The molecule has 4 aromatic heterocycles. The quantitative estimate of drug-likeness (QED) is 0.289. The molecule has 0 saturated carbocycles. The zero-order valence-electron chi connectivity index (χ0n) is 20.5. The molecule has 6 rings (SSSR count). The van der Waals surface area contributed by atoms with Crippen LogP contribution in [-0.2, 0) is 0 Å². The third-order valence-electron chi connectivity index (χ3n) is 6.35. The third kappa shape index (κ3) is 4.43. The molecule has 0 fully saturated rings. The number of H-pyrrole nitrogens is 2. The number of rotatable bonds is 7. The van der Waals surface area contributed by atoms with Crippen LogP contribution in [0.1, 0.15) is 0 Å². The molecule has 37 heavy (non-hydrogen) atoms. The monoisotopic (exact) mass is 492 g/mol. The van der Waals surface area contributed by atoms with Gasteiger partial charge in [0.05, 0.1) is 29.3 Å². The largest absolute Gasteiger partial charge is 0.491 e. The molecule has 7 nitrogen and oxygen atoms in total. The number of halogens is 1. The van der Waals surface area contributed by atoms with E-state index in [0.717, 1.165) is 56.6 Å². The first kappa shape index (κ1) is 22.9. The van der Waals surface area contributed by atoms with E-state index in [4.69, 9.17) is 4.74 Å². The van der Waals surface area contributed by atoms with Gasteiger partial charge in [0.15, 0.2) is 0 Å². The highest BCUT2D eigenvalue weighted by atomic mass is 19.1. The van der Waals surface area contributed by atoms with Gasteiger partial charge in [-0.1, -0.05) is 30.3 Å². The minimum Gasteiger partial charge on any atom is -0.491 e. The van der Waals surface area contributed by atoms with E-state index >= 15 is 0 Å². The lowest BCUT2D eigenvalue weighted by Gasteiger charge is -2.11. The maximum atomic E-state index is 14.6. The molecule has 0 aliphatic heterocycles. The fourth-order valence-corrected chi connectivity index (χ4v) is 4.46. The summed E-state index contributed by atoms with van der Waals surface area (Å²) in [4.78, 5) is 14.5. The van der Waals surface area contributed by atoms with Gasteiger partial charge < -0.3 is 14.6 Å². The van der Waals surface area contributed by atoms with E-state index in [2.05, 4.69) is 30.0 Å². The van der Waals surface area contributed by atoms with Crippen molar-refractivity contribution in [3.05, 3.63) is 85.1 Å². The van der Waals surface area contributed by atoms with Crippen molar-refractivity contribution in [1.82, 2.24) is 30.0 Å². The lowest BCUT2D eigenvalue weighted by Crippen LogP contribution is -2.19. The number of nitrogens with zero attached hydrogens (tertiary/aromatic N) is 4. The number of ether oxygens (including phenoxy) is 1. The van der Waals surface area contributed by atoms with Crippen LogP contribution in [-0.4, -0.2) is 57.3 Å². The van der Waals surface area contributed by atoms with E-state index in [1.54, 1.807) is 30.7 Å². The Labute approximate surface area is 213 Å². The van der Waals surface area contributed by atoms with Gasteiger partial charge in [-0.2, -0.15) is 5.10 Å². The Balaban J connectivity index is 1.39. The van der Waals surface area contributed by atoms with Crippen LogP contribution in [0.3, 0.4) is 0 Å². The van der Waals surface area contributed by atoms with Crippen molar-refractivity contribution < 1.29 is 9.13 Å². The van der Waals surface area contributed by atoms with Crippen molar-refractivity contribution in [2.24, 2.45) is 0 Å². The maximum Gasteiger partial charge on any atom is 0.138 e. The zero-order valence-corrected chi connectivity index (χ0v) is 20.5. The Morgan fingerprint density at radius 3 is 2.62 bits per heavy atom. The van der Waals surface area contributed by atoms with Gasteiger partial charge in [-0.05, 0) is 50.0 Å². The third-order valence-corrected chi connectivity index (χ3v) is 6.35. The second-order valence-electron chi connectivity index (χ2n) is 9.18. The smallest absolute Gasteiger partial charge is 0.138 e. The van der Waals surface area contributed by atoms with Gasteiger partial charge in [-0.15, -0.1) is 0 Å².